The van der Waals surface area contributed by atoms with Gasteiger partial charge in [-0.3, -0.25) is 9.00 Å². The number of carboxylic acid groups (broad SMARTS) is 1. The number of hydrogen-bond donors (Lipinski definition) is 1. The summed E-state index contributed by atoms with van der Waals surface area (Å²) in [5.74, 6) is -0.974. The maximum absolute atomic E-state index is 11.5. The lowest BCUT2D eigenvalue weighted by molar-refractivity contribution is -0.140. The van der Waals surface area contributed by atoms with E-state index in [1.807, 2.05) is 0 Å². The van der Waals surface area contributed by atoms with Crippen LogP contribution in [0.3, 0.4) is 0 Å². The molecule has 6 nitrogen and oxygen atoms in total. The number of hydrogen-bond acceptors (Lipinski definition) is 5. The maximum Gasteiger partial charge on any atom is 0.307 e. The molecule has 0 radical (unpaired) electrons. The van der Waals surface area contributed by atoms with Gasteiger partial charge in [0.05, 0.1) is 39.0 Å². The Hall–Kier alpha value is -0.500. The van der Waals surface area contributed by atoms with Crippen LogP contribution in [0.15, 0.2) is 0 Å². The standard InChI is InChI=1S/C11H22O6S/c1-10(11(12)13)9-18(14)8-7-17-6-5-16-4-3-15-2/h10H,3-9H2,1-2H3,(H,12,13). The van der Waals surface area contributed by atoms with Crippen molar-refractivity contribution in [3.05, 3.63) is 0 Å². The molecular formula is C11H22O6S. The average molecular weight is 282 g/mol. The summed E-state index contributed by atoms with van der Waals surface area (Å²) in [6.07, 6.45) is 0. The Morgan fingerprint density at radius 1 is 1.17 bits per heavy atom. The number of rotatable bonds is 12. The molecule has 0 saturated heterocycles. The van der Waals surface area contributed by atoms with E-state index >= 15 is 0 Å². The first-order valence-corrected chi connectivity index (χ1v) is 7.29. The van der Waals surface area contributed by atoms with E-state index in [4.69, 9.17) is 19.3 Å². The van der Waals surface area contributed by atoms with Crippen LogP contribution in [0.1, 0.15) is 6.92 Å². The predicted molar refractivity (Wildman–Crippen MR) is 68.2 cm³/mol. The van der Waals surface area contributed by atoms with Gasteiger partial charge in [-0.15, -0.1) is 0 Å². The highest BCUT2D eigenvalue weighted by Crippen LogP contribution is 1.98. The molecule has 0 amide bonds. The number of methoxy groups -OCH3 is 1. The Kier molecular flexibility index (Phi) is 11.3. The molecule has 0 fully saturated rings. The zero-order chi connectivity index (χ0) is 13.8. The Bertz CT molecular complexity index is 246. The quantitative estimate of drug-likeness (QED) is 0.513. The van der Waals surface area contributed by atoms with E-state index in [2.05, 4.69) is 0 Å². The van der Waals surface area contributed by atoms with Gasteiger partial charge in [-0.25, -0.2) is 0 Å². The molecule has 108 valence electrons. The topological polar surface area (TPSA) is 82.1 Å². The summed E-state index contributed by atoms with van der Waals surface area (Å²) in [6.45, 7) is 3.90. The van der Waals surface area contributed by atoms with Crippen molar-refractivity contribution in [1.82, 2.24) is 0 Å². The van der Waals surface area contributed by atoms with Crippen molar-refractivity contribution in [3.63, 3.8) is 0 Å². The number of carbonyl (C=O) groups is 1. The molecule has 0 bridgehead atoms. The minimum absolute atomic E-state index is 0.170. The van der Waals surface area contributed by atoms with Gasteiger partial charge in [-0.1, -0.05) is 6.92 Å². The average Bonchev–Trinajstić information content (AvgIpc) is 2.32. The van der Waals surface area contributed by atoms with Crippen LogP contribution in [0.25, 0.3) is 0 Å². The fourth-order valence-electron chi connectivity index (χ4n) is 1.05. The number of ether oxygens (including phenoxy) is 3. The van der Waals surface area contributed by atoms with E-state index in [0.29, 0.717) is 38.8 Å². The van der Waals surface area contributed by atoms with Crippen molar-refractivity contribution in [1.29, 1.82) is 0 Å². The van der Waals surface area contributed by atoms with Gasteiger partial charge in [0, 0.05) is 29.4 Å². The molecule has 2 unspecified atom stereocenters. The Labute approximate surface area is 110 Å². The summed E-state index contributed by atoms with van der Waals surface area (Å²) in [7, 11) is 0.457. The molecule has 0 aliphatic carbocycles. The highest BCUT2D eigenvalue weighted by Gasteiger charge is 2.14. The fourth-order valence-corrected chi connectivity index (χ4v) is 2.22. The molecule has 0 aromatic carbocycles. The zero-order valence-electron chi connectivity index (χ0n) is 10.9. The van der Waals surface area contributed by atoms with Crippen LogP contribution in [0.5, 0.6) is 0 Å². The van der Waals surface area contributed by atoms with E-state index in [-0.39, 0.29) is 5.75 Å². The first-order chi connectivity index (χ1) is 8.57. The first-order valence-electron chi connectivity index (χ1n) is 5.80. The van der Waals surface area contributed by atoms with Crippen molar-refractivity contribution < 1.29 is 28.3 Å². The van der Waals surface area contributed by atoms with Crippen LogP contribution in [-0.4, -0.2) is 66.9 Å². The zero-order valence-corrected chi connectivity index (χ0v) is 11.7. The summed E-state index contributed by atoms with van der Waals surface area (Å²) >= 11 is 0. The summed E-state index contributed by atoms with van der Waals surface area (Å²) in [5.41, 5.74) is 0. The van der Waals surface area contributed by atoms with E-state index in [1.165, 1.54) is 0 Å². The molecule has 0 aliphatic heterocycles. The lowest BCUT2D eigenvalue weighted by Crippen LogP contribution is -2.20. The van der Waals surface area contributed by atoms with Crippen molar-refractivity contribution >= 4 is 16.8 Å². The van der Waals surface area contributed by atoms with Gasteiger partial charge in [0.15, 0.2) is 0 Å². The second-order valence-corrected chi connectivity index (χ2v) is 5.39. The molecule has 1 N–H and O–H groups in total. The highest BCUT2D eigenvalue weighted by atomic mass is 32.2. The molecule has 7 heteroatoms. The van der Waals surface area contributed by atoms with Crippen molar-refractivity contribution in [3.8, 4) is 0 Å². The molecule has 0 aromatic heterocycles. The summed E-state index contributed by atoms with van der Waals surface area (Å²) in [4.78, 5) is 10.5. The maximum atomic E-state index is 11.5. The fraction of sp³-hybridized carbons (Fsp3) is 0.909. The smallest absolute Gasteiger partial charge is 0.307 e. The molecule has 0 spiro atoms. The lowest BCUT2D eigenvalue weighted by Gasteiger charge is -2.07. The van der Waals surface area contributed by atoms with E-state index in [1.54, 1.807) is 14.0 Å². The van der Waals surface area contributed by atoms with Crippen molar-refractivity contribution in [2.45, 2.75) is 6.92 Å². The van der Waals surface area contributed by atoms with Crippen LogP contribution in [-0.2, 0) is 29.8 Å². The molecule has 18 heavy (non-hydrogen) atoms. The van der Waals surface area contributed by atoms with E-state index in [9.17, 15) is 9.00 Å². The largest absolute Gasteiger partial charge is 0.481 e. The van der Waals surface area contributed by atoms with Gasteiger partial charge < -0.3 is 19.3 Å². The van der Waals surface area contributed by atoms with Crippen LogP contribution in [0.2, 0.25) is 0 Å². The first kappa shape index (κ1) is 17.5. The molecule has 0 saturated carbocycles. The SMILES string of the molecule is COCCOCCOCCS(=O)CC(C)C(=O)O. The molecule has 2 atom stereocenters. The van der Waals surface area contributed by atoms with E-state index < -0.39 is 22.7 Å². The van der Waals surface area contributed by atoms with E-state index in [0.717, 1.165) is 0 Å². The molecular weight excluding hydrogens is 260 g/mol. The third kappa shape index (κ3) is 10.6. The third-order valence-electron chi connectivity index (χ3n) is 2.12. The van der Waals surface area contributed by atoms with Gasteiger partial charge in [0.2, 0.25) is 0 Å². The normalized spacial score (nSPS) is 14.3. The van der Waals surface area contributed by atoms with Crippen molar-refractivity contribution in [2.24, 2.45) is 5.92 Å². The van der Waals surface area contributed by atoms with Gasteiger partial charge >= 0.3 is 5.97 Å². The third-order valence-corrected chi connectivity index (χ3v) is 3.61. The van der Waals surface area contributed by atoms with Crippen molar-refractivity contribution in [2.75, 3.05) is 51.6 Å². The monoisotopic (exact) mass is 282 g/mol. The highest BCUT2D eigenvalue weighted by molar-refractivity contribution is 7.85. The Morgan fingerprint density at radius 3 is 2.28 bits per heavy atom. The Balaban J connectivity index is 3.33. The van der Waals surface area contributed by atoms with Crippen LogP contribution in [0.4, 0.5) is 0 Å². The molecule has 0 aromatic rings. The minimum atomic E-state index is -1.15. The Morgan fingerprint density at radius 2 is 1.72 bits per heavy atom. The number of carboxylic acids is 1. The van der Waals surface area contributed by atoms with Gasteiger partial charge in [-0.2, -0.15) is 0 Å². The van der Waals surface area contributed by atoms with Crippen LogP contribution in [0, 0.1) is 5.92 Å². The molecule has 0 rings (SSSR count). The lowest BCUT2D eigenvalue weighted by atomic mass is 10.2. The predicted octanol–water partition coefficient (Wildman–Crippen LogP) is 0.135. The summed E-state index contributed by atoms with van der Waals surface area (Å²) in [6, 6.07) is 0. The summed E-state index contributed by atoms with van der Waals surface area (Å²) < 4.78 is 26.6. The summed E-state index contributed by atoms with van der Waals surface area (Å²) in [5, 5.41) is 8.65. The molecule has 0 aliphatic rings. The van der Waals surface area contributed by atoms with Gasteiger partial charge in [0.25, 0.3) is 0 Å². The van der Waals surface area contributed by atoms with Gasteiger partial charge in [0.1, 0.15) is 0 Å². The molecule has 0 heterocycles. The number of aliphatic carboxylic acids is 1. The van der Waals surface area contributed by atoms with Crippen LogP contribution >= 0.6 is 0 Å². The second-order valence-electron chi connectivity index (χ2n) is 3.77. The second kappa shape index (κ2) is 11.6. The van der Waals surface area contributed by atoms with Gasteiger partial charge in [-0.05, 0) is 0 Å². The van der Waals surface area contributed by atoms with Crippen LogP contribution < -0.4 is 0 Å². The minimum Gasteiger partial charge on any atom is -0.481 e.